The summed E-state index contributed by atoms with van der Waals surface area (Å²) in [6, 6.07) is 10.4. The topological polar surface area (TPSA) is 84.9 Å². The molecule has 1 N–H and O–H groups in total. The van der Waals surface area contributed by atoms with E-state index in [1.54, 1.807) is 31.3 Å². The van der Waals surface area contributed by atoms with Gasteiger partial charge in [-0.25, -0.2) is 0 Å². The summed E-state index contributed by atoms with van der Waals surface area (Å²) in [5, 5.41) is 2.78. The van der Waals surface area contributed by atoms with E-state index in [1.165, 1.54) is 12.0 Å². The Balaban J connectivity index is 1.64. The SMILES string of the molecule is COc1ccc(C)cc1NC(=O)CCC(=O)c1ccc2c(c1)N(C)C(=O)CO2. The molecule has 2 aromatic rings. The third kappa shape index (κ3) is 4.14. The van der Waals surface area contributed by atoms with Crippen molar-refractivity contribution in [2.75, 3.05) is 31.0 Å². The molecule has 2 amide bonds. The minimum Gasteiger partial charge on any atom is -0.495 e. The van der Waals surface area contributed by atoms with Gasteiger partial charge >= 0.3 is 0 Å². The van der Waals surface area contributed by atoms with E-state index < -0.39 is 0 Å². The van der Waals surface area contributed by atoms with Crippen molar-refractivity contribution in [2.24, 2.45) is 0 Å². The van der Waals surface area contributed by atoms with Crippen LogP contribution >= 0.6 is 0 Å². The number of rotatable bonds is 6. The number of methoxy groups -OCH3 is 1. The van der Waals surface area contributed by atoms with Crippen LogP contribution in [-0.4, -0.2) is 38.4 Å². The van der Waals surface area contributed by atoms with Crippen molar-refractivity contribution in [3.8, 4) is 11.5 Å². The number of ether oxygens (including phenoxy) is 2. The first-order valence-corrected chi connectivity index (χ1v) is 8.90. The molecule has 0 atom stereocenters. The van der Waals surface area contributed by atoms with Crippen LogP contribution in [0.4, 0.5) is 11.4 Å². The predicted octanol–water partition coefficient (Wildman–Crippen LogP) is 2.96. The first kappa shape index (κ1) is 19.4. The molecule has 7 heteroatoms. The number of nitrogens with zero attached hydrogens (tertiary/aromatic N) is 1. The molecular formula is C21H22N2O5. The fourth-order valence-electron chi connectivity index (χ4n) is 2.95. The summed E-state index contributed by atoms with van der Waals surface area (Å²) < 4.78 is 10.6. The Hall–Kier alpha value is -3.35. The first-order chi connectivity index (χ1) is 13.4. The molecule has 7 nitrogen and oxygen atoms in total. The maximum Gasteiger partial charge on any atom is 0.264 e. The molecule has 0 bridgehead atoms. The third-order valence-electron chi connectivity index (χ3n) is 4.58. The molecule has 0 saturated carbocycles. The number of fused-ring (bicyclic) bond motifs is 1. The molecule has 0 radical (unpaired) electrons. The lowest BCUT2D eigenvalue weighted by Gasteiger charge is -2.26. The van der Waals surface area contributed by atoms with Crippen LogP contribution in [0.15, 0.2) is 36.4 Å². The molecule has 1 aliphatic rings. The van der Waals surface area contributed by atoms with E-state index in [0.717, 1.165) is 5.56 Å². The zero-order valence-corrected chi connectivity index (χ0v) is 16.1. The van der Waals surface area contributed by atoms with Crippen LogP contribution in [-0.2, 0) is 9.59 Å². The van der Waals surface area contributed by atoms with Gasteiger partial charge in [0, 0.05) is 25.5 Å². The van der Waals surface area contributed by atoms with Gasteiger partial charge in [-0.1, -0.05) is 6.07 Å². The molecule has 0 aromatic heterocycles. The number of hydrogen-bond donors (Lipinski definition) is 1. The average Bonchev–Trinajstić information content (AvgIpc) is 2.69. The van der Waals surface area contributed by atoms with E-state index in [2.05, 4.69) is 5.32 Å². The lowest BCUT2D eigenvalue weighted by molar-refractivity contribution is -0.121. The van der Waals surface area contributed by atoms with E-state index >= 15 is 0 Å². The fourth-order valence-corrected chi connectivity index (χ4v) is 2.95. The van der Waals surface area contributed by atoms with Crippen LogP contribution in [0.3, 0.4) is 0 Å². The van der Waals surface area contributed by atoms with Crippen LogP contribution in [0.2, 0.25) is 0 Å². The largest absolute Gasteiger partial charge is 0.495 e. The number of amides is 2. The molecule has 1 heterocycles. The maximum atomic E-state index is 12.5. The van der Waals surface area contributed by atoms with Gasteiger partial charge in [0.1, 0.15) is 11.5 Å². The lowest BCUT2D eigenvalue weighted by atomic mass is 10.0. The van der Waals surface area contributed by atoms with Gasteiger partial charge in [-0.15, -0.1) is 0 Å². The molecule has 146 valence electrons. The van der Waals surface area contributed by atoms with E-state index in [9.17, 15) is 14.4 Å². The molecule has 0 unspecified atom stereocenters. The minimum atomic E-state index is -0.272. The van der Waals surface area contributed by atoms with Gasteiger partial charge in [0.25, 0.3) is 5.91 Å². The van der Waals surface area contributed by atoms with Crippen LogP contribution in [0.25, 0.3) is 0 Å². The van der Waals surface area contributed by atoms with Gasteiger partial charge in [-0.05, 0) is 42.8 Å². The minimum absolute atomic E-state index is 0.0145. The van der Waals surface area contributed by atoms with E-state index in [1.807, 2.05) is 19.1 Å². The second-order valence-electron chi connectivity index (χ2n) is 6.60. The van der Waals surface area contributed by atoms with Crippen LogP contribution in [0, 0.1) is 6.92 Å². The number of benzene rings is 2. The summed E-state index contributed by atoms with van der Waals surface area (Å²) in [6.45, 7) is 1.90. The number of aryl methyl sites for hydroxylation is 1. The highest BCUT2D eigenvalue weighted by atomic mass is 16.5. The molecule has 0 fully saturated rings. The summed E-state index contributed by atoms with van der Waals surface area (Å²) in [4.78, 5) is 38.0. The number of anilines is 2. The maximum absolute atomic E-state index is 12.5. The number of Topliss-reactive ketones (excluding diaryl/α,β-unsaturated/α-hetero) is 1. The molecule has 0 saturated heterocycles. The highest BCUT2D eigenvalue weighted by Gasteiger charge is 2.23. The Bertz CT molecular complexity index is 938. The molecule has 0 aliphatic carbocycles. The Morgan fingerprint density at radius 1 is 1.18 bits per heavy atom. The van der Waals surface area contributed by atoms with Crippen LogP contribution < -0.4 is 19.7 Å². The first-order valence-electron chi connectivity index (χ1n) is 8.90. The van der Waals surface area contributed by atoms with E-state index in [-0.39, 0.29) is 37.0 Å². The number of carbonyl (C=O) groups is 3. The second-order valence-corrected chi connectivity index (χ2v) is 6.60. The highest BCUT2D eigenvalue weighted by Crippen LogP contribution is 2.32. The number of carbonyl (C=O) groups excluding carboxylic acids is 3. The van der Waals surface area contributed by atoms with Gasteiger partial charge < -0.3 is 19.7 Å². The molecule has 3 rings (SSSR count). The zero-order valence-electron chi connectivity index (χ0n) is 16.1. The summed E-state index contributed by atoms with van der Waals surface area (Å²) in [6.07, 6.45) is 0.0928. The lowest BCUT2D eigenvalue weighted by Crippen LogP contribution is -2.35. The number of ketones is 1. The zero-order chi connectivity index (χ0) is 20.3. The summed E-state index contributed by atoms with van der Waals surface area (Å²) in [5.41, 5.74) is 2.55. The quantitative estimate of drug-likeness (QED) is 0.777. The Morgan fingerprint density at radius 3 is 2.71 bits per heavy atom. The normalized spacial score (nSPS) is 12.8. The number of nitrogens with one attached hydrogen (secondary N) is 1. The number of likely N-dealkylation sites (N-methyl/N-ethyl adjacent to an activating group) is 1. The molecule has 2 aromatic carbocycles. The fraction of sp³-hybridized carbons (Fsp3) is 0.286. The summed E-state index contributed by atoms with van der Waals surface area (Å²) >= 11 is 0. The van der Waals surface area contributed by atoms with Crippen molar-refractivity contribution in [2.45, 2.75) is 19.8 Å². The van der Waals surface area contributed by atoms with Crippen LogP contribution in [0.1, 0.15) is 28.8 Å². The summed E-state index contributed by atoms with van der Waals surface area (Å²) in [5.74, 6) is 0.491. The number of hydrogen-bond acceptors (Lipinski definition) is 5. The molecule has 28 heavy (non-hydrogen) atoms. The van der Waals surface area contributed by atoms with Crippen molar-refractivity contribution in [3.63, 3.8) is 0 Å². The van der Waals surface area contributed by atoms with Crippen molar-refractivity contribution >= 4 is 29.0 Å². The predicted molar refractivity (Wildman–Crippen MR) is 105 cm³/mol. The van der Waals surface area contributed by atoms with Crippen molar-refractivity contribution in [3.05, 3.63) is 47.5 Å². The standard InChI is InChI=1S/C21H22N2O5/c1-13-4-7-18(27-3)15(10-13)22-20(25)9-6-17(24)14-5-8-19-16(11-14)23(2)21(26)12-28-19/h4-5,7-8,10-11H,6,9,12H2,1-3H3,(H,22,25). The van der Waals surface area contributed by atoms with Gasteiger partial charge in [-0.3, -0.25) is 14.4 Å². The third-order valence-corrected chi connectivity index (χ3v) is 4.58. The highest BCUT2D eigenvalue weighted by molar-refractivity contribution is 6.03. The van der Waals surface area contributed by atoms with Crippen LogP contribution in [0.5, 0.6) is 11.5 Å². The van der Waals surface area contributed by atoms with Crippen molar-refractivity contribution < 1.29 is 23.9 Å². The summed E-state index contributed by atoms with van der Waals surface area (Å²) in [7, 11) is 3.17. The molecular weight excluding hydrogens is 360 g/mol. The molecule has 1 aliphatic heterocycles. The Kier molecular flexibility index (Phi) is 5.63. The Labute approximate surface area is 163 Å². The van der Waals surface area contributed by atoms with E-state index in [4.69, 9.17) is 9.47 Å². The van der Waals surface area contributed by atoms with E-state index in [0.29, 0.717) is 28.4 Å². The monoisotopic (exact) mass is 382 g/mol. The van der Waals surface area contributed by atoms with Crippen molar-refractivity contribution in [1.82, 2.24) is 0 Å². The molecule has 0 spiro atoms. The average molecular weight is 382 g/mol. The smallest absolute Gasteiger partial charge is 0.264 e. The Morgan fingerprint density at radius 2 is 1.96 bits per heavy atom. The van der Waals surface area contributed by atoms with Gasteiger partial charge in [0.15, 0.2) is 12.4 Å². The van der Waals surface area contributed by atoms with Crippen molar-refractivity contribution in [1.29, 1.82) is 0 Å². The van der Waals surface area contributed by atoms with Gasteiger partial charge in [0.2, 0.25) is 5.91 Å². The van der Waals surface area contributed by atoms with Gasteiger partial charge in [-0.2, -0.15) is 0 Å². The second kappa shape index (κ2) is 8.12. The van der Waals surface area contributed by atoms with Gasteiger partial charge in [0.05, 0.1) is 18.5 Å².